The second kappa shape index (κ2) is 11.9. The third kappa shape index (κ3) is 7.29. The van der Waals surface area contributed by atoms with Gasteiger partial charge in [0.2, 0.25) is 0 Å². The predicted octanol–water partition coefficient (Wildman–Crippen LogP) is 4.05. The Hall–Kier alpha value is -2.76. The number of aryl methyl sites for hydroxylation is 1. The topological polar surface area (TPSA) is 67.8 Å². The van der Waals surface area contributed by atoms with Gasteiger partial charge in [-0.05, 0) is 70.4 Å². The molecule has 0 saturated heterocycles. The first-order chi connectivity index (χ1) is 14.1. The average molecular weight is 399 g/mol. The highest BCUT2D eigenvalue weighted by atomic mass is 16.5. The number of ether oxygens (including phenoxy) is 2. The van der Waals surface area contributed by atoms with E-state index in [2.05, 4.69) is 41.6 Å². The molecule has 29 heavy (non-hydrogen) atoms. The standard InChI is InChI=1S/C23H34N4O2/c1-6-24-23(25-14-13-19-10-9-17(4)26-16-19)27-18(5)20-11-12-21(28-7-2)22(15-20)29-8-3/h9-12,15-16,18H,6-8,13-14H2,1-5H3,(H2,24,25,27). The van der Waals surface area contributed by atoms with E-state index >= 15 is 0 Å². The van der Waals surface area contributed by atoms with E-state index in [4.69, 9.17) is 14.5 Å². The number of pyridine rings is 1. The van der Waals surface area contributed by atoms with Gasteiger partial charge in [0.25, 0.3) is 0 Å². The summed E-state index contributed by atoms with van der Waals surface area (Å²) in [5.41, 5.74) is 3.34. The summed E-state index contributed by atoms with van der Waals surface area (Å²) in [6.07, 6.45) is 2.78. The van der Waals surface area contributed by atoms with Crippen molar-refractivity contribution in [2.75, 3.05) is 26.3 Å². The van der Waals surface area contributed by atoms with Crippen molar-refractivity contribution >= 4 is 5.96 Å². The monoisotopic (exact) mass is 398 g/mol. The summed E-state index contributed by atoms with van der Waals surface area (Å²) in [7, 11) is 0. The molecule has 2 aromatic rings. The molecule has 1 heterocycles. The van der Waals surface area contributed by atoms with Crippen LogP contribution in [0.3, 0.4) is 0 Å². The van der Waals surface area contributed by atoms with Crippen LogP contribution in [-0.4, -0.2) is 37.2 Å². The van der Waals surface area contributed by atoms with Gasteiger partial charge in [-0.1, -0.05) is 12.1 Å². The smallest absolute Gasteiger partial charge is 0.191 e. The maximum absolute atomic E-state index is 5.75. The van der Waals surface area contributed by atoms with Crippen LogP contribution in [-0.2, 0) is 6.42 Å². The highest BCUT2D eigenvalue weighted by Crippen LogP contribution is 2.30. The van der Waals surface area contributed by atoms with Crippen LogP contribution in [0.2, 0.25) is 0 Å². The number of nitrogens with one attached hydrogen (secondary N) is 2. The largest absolute Gasteiger partial charge is 0.490 e. The van der Waals surface area contributed by atoms with Gasteiger partial charge in [-0.2, -0.15) is 0 Å². The van der Waals surface area contributed by atoms with Gasteiger partial charge in [-0.3, -0.25) is 9.98 Å². The van der Waals surface area contributed by atoms with Crippen molar-refractivity contribution in [2.45, 2.75) is 47.1 Å². The van der Waals surface area contributed by atoms with E-state index in [0.717, 1.165) is 41.7 Å². The van der Waals surface area contributed by atoms with E-state index in [1.807, 2.05) is 45.2 Å². The minimum atomic E-state index is 0.0729. The fraction of sp³-hybridized carbons (Fsp3) is 0.478. The van der Waals surface area contributed by atoms with Crippen molar-refractivity contribution in [3.8, 4) is 11.5 Å². The molecule has 1 unspecified atom stereocenters. The van der Waals surface area contributed by atoms with Crippen LogP contribution in [0.25, 0.3) is 0 Å². The second-order valence-electron chi connectivity index (χ2n) is 6.76. The van der Waals surface area contributed by atoms with E-state index in [1.165, 1.54) is 5.56 Å². The molecule has 0 spiro atoms. The Morgan fingerprint density at radius 1 is 1.07 bits per heavy atom. The highest BCUT2D eigenvalue weighted by molar-refractivity contribution is 5.80. The first kappa shape index (κ1) is 22.5. The summed E-state index contributed by atoms with van der Waals surface area (Å²) in [6, 6.07) is 10.3. The first-order valence-electron chi connectivity index (χ1n) is 10.4. The van der Waals surface area contributed by atoms with Crippen molar-refractivity contribution in [3.05, 3.63) is 53.3 Å². The number of guanidine groups is 1. The lowest BCUT2D eigenvalue weighted by molar-refractivity contribution is 0.287. The van der Waals surface area contributed by atoms with Crippen LogP contribution in [0, 0.1) is 6.92 Å². The zero-order valence-electron chi connectivity index (χ0n) is 18.3. The maximum Gasteiger partial charge on any atom is 0.191 e. The zero-order valence-corrected chi connectivity index (χ0v) is 18.3. The molecule has 158 valence electrons. The fourth-order valence-corrected chi connectivity index (χ4v) is 2.89. The third-order valence-corrected chi connectivity index (χ3v) is 4.41. The average Bonchev–Trinajstić information content (AvgIpc) is 2.71. The molecule has 0 bridgehead atoms. The SMILES string of the molecule is CCNC(=NCCc1ccc(C)nc1)NC(C)c1ccc(OCC)c(OCC)c1. The minimum absolute atomic E-state index is 0.0729. The molecule has 0 aliphatic carbocycles. The first-order valence-corrected chi connectivity index (χ1v) is 10.4. The van der Waals surface area contributed by atoms with Crippen molar-refractivity contribution in [1.29, 1.82) is 0 Å². The highest BCUT2D eigenvalue weighted by Gasteiger charge is 2.12. The molecule has 1 atom stereocenters. The molecule has 2 N–H and O–H groups in total. The molecule has 0 aliphatic rings. The maximum atomic E-state index is 5.75. The molecule has 1 aromatic heterocycles. The minimum Gasteiger partial charge on any atom is -0.490 e. The summed E-state index contributed by atoms with van der Waals surface area (Å²) >= 11 is 0. The summed E-state index contributed by atoms with van der Waals surface area (Å²) in [4.78, 5) is 9.06. The van der Waals surface area contributed by atoms with Gasteiger partial charge in [-0.25, -0.2) is 0 Å². The van der Waals surface area contributed by atoms with Crippen molar-refractivity contribution < 1.29 is 9.47 Å². The van der Waals surface area contributed by atoms with Crippen molar-refractivity contribution in [2.24, 2.45) is 4.99 Å². The molecule has 6 nitrogen and oxygen atoms in total. The number of rotatable bonds is 10. The lowest BCUT2D eigenvalue weighted by Crippen LogP contribution is -2.38. The number of benzene rings is 1. The number of hydrogen-bond donors (Lipinski definition) is 2. The molecule has 1 aromatic carbocycles. The number of hydrogen-bond acceptors (Lipinski definition) is 4. The molecule has 0 aliphatic heterocycles. The Labute approximate surface area is 174 Å². The van der Waals surface area contributed by atoms with Gasteiger partial charge in [0.1, 0.15) is 0 Å². The quantitative estimate of drug-likeness (QED) is 0.467. The normalized spacial score (nSPS) is 12.4. The Kier molecular flexibility index (Phi) is 9.28. The van der Waals surface area contributed by atoms with E-state index < -0.39 is 0 Å². The van der Waals surface area contributed by atoms with Crippen molar-refractivity contribution in [1.82, 2.24) is 15.6 Å². The summed E-state index contributed by atoms with van der Waals surface area (Å²) in [5, 5.41) is 6.79. The number of aromatic nitrogens is 1. The molecular formula is C23H34N4O2. The zero-order chi connectivity index (χ0) is 21.1. The molecule has 0 fully saturated rings. The van der Waals surface area contributed by atoms with E-state index in [0.29, 0.717) is 19.8 Å². The summed E-state index contributed by atoms with van der Waals surface area (Å²) in [6.45, 7) is 12.8. The number of aliphatic imine (C=N–C) groups is 1. The predicted molar refractivity (Wildman–Crippen MR) is 119 cm³/mol. The van der Waals surface area contributed by atoms with Crippen LogP contribution < -0.4 is 20.1 Å². The van der Waals surface area contributed by atoms with Crippen LogP contribution in [0.1, 0.15) is 50.6 Å². The lowest BCUT2D eigenvalue weighted by atomic mass is 10.1. The second-order valence-corrected chi connectivity index (χ2v) is 6.76. The van der Waals surface area contributed by atoms with Gasteiger partial charge >= 0.3 is 0 Å². The van der Waals surface area contributed by atoms with Gasteiger partial charge in [0.05, 0.1) is 19.3 Å². The van der Waals surface area contributed by atoms with E-state index in [1.54, 1.807) is 0 Å². The van der Waals surface area contributed by atoms with Crippen LogP contribution in [0.5, 0.6) is 11.5 Å². The van der Waals surface area contributed by atoms with Crippen LogP contribution in [0.15, 0.2) is 41.5 Å². The third-order valence-electron chi connectivity index (χ3n) is 4.41. The molecule has 6 heteroatoms. The summed E-state index contributed by atoms with van der Waals surface area (Å²) < 4.78 is 11.4. The van der Waals surface area contributed by atoms with E-state index in [-0.39, 0.29) is 6.04 Å². The fourth-order valence-electron chi connectivity index (χ4n) is 2.89. The van der Waals surface area contributed by atoms with Gasteiger partial charge in [0, 0.05) is 25.0 Å². The Balaban J connectivity index is 2.04. The molecule has 2 rings (SSSR count). The number of nitrogens with zero attached hydrogens (tertiary/aromatic N) is 2. The van der Waals surface area contributed by atoms with Gasteiger partial charge < -0.3 is 20.1 Å². The molecule has 0 amide bonds. The van der Waals surface area contributed by atoms with Gasteiger partial charge in [0.15, 0.2) is 17.5 Å². The van der Waals surface area contributed by atoms with Crippen molar-refractivity contribution in [3.63, 3.8) is 0 Å². The van der Waals surface area contributed by atoms with E-state index in [9.17, 15) is 0 Å². The molecule has 0 saturated carbocycles. The van der Waals surface area contributed by atoms with Gasteiger partial charge in [-0.15, -0.1) is 0 Å². The molecular weight excluding hydrogens is 364 g/mol. The molecule has 0 radical (unpaired) electrons. The Morgan fingerprint density at radius 2 is 1.83 bits per heavy atom. The van der Waals surface area contributed by atoms with Crippen LogP contribution in [0.4, 0.5) is 0 Å². The lowest BCUT2D eigenvalue weighted by Gasteiger charge is -2.20. The summed E-state index contributed by atoms with van der Waals surface area (Å²) in [5.74, 6) is 2.35. The Morgan fingerprint density at radius 3 is 2.48 bits per heavy atom. The Bertz CT molecular complexity index is 775. The van der Waals surface area contributed by atoms with Crippen LogP contribution >= 0.6 is 0 Å².